The summed E-state index contributed by atoms with van der Waals surface area (Å²) in [6, 6.07) is 5.52. The fourth-order valence-electron chi connectivity index (χ4n) is 5.62. The fourth-order valence-corrected chi connectivity index (χ4v) is 5.81. The van der Waals surface area contributed by atoms with E-state index < -0.39 is 0 Å². The van der Waals surface area contributed by atoms with Gasteiger partial charge in [-0.25, -0.2) is 4.99 Å². The van der Waals surface area contributed by atoms with Gasteiger partial charge in [0.15, 0.2) is 0 Å². The molecule has 0 spiro atoms. The number of rotatable bonds is 18. The highest BCUT2D eigenvalue weighted by molar-refractivity contribution is 6.17. The van der Waals surface area contributed by atoms with E-state index in [1.54, 1.807) is 17.0 Å². The van der Waals surface area contributed by atoms with E-state index in [9.17, 15) is 14.7 Å². The van der Waals surface area contributed by atoms with E-state index >= 15 is 0 Å². The number of alkyl halides is 1. The van der Waals surface area contributed by atoms with Gasteiger partial charge in [0.1, 0.15) is 17.3 Å². The highest BCUT2D eigenvalue weighted by Crippen LogP contribution is 2.33. The number of unbranched alkanes of at least 4 members (excludes halogenated alkanes) is 3. The van der Waals surface area contributed by atoms with Crippen molar-refractivity contribution in [3.05, 3.63) is 29.5 Å². The van der Waals surface area contributed by atoms with Gasteiger partial charge < -0.3 is 24.8 Å². The van der Waals surface area contributed by atoms with Crippen molar-refractivity contribution in [1.82, 2.24) is 10.2 Å². The molecule has 1 aliphatic heterocycles. The largest absolute Gasteiger partial charge is 0.507 e. The molecule has 234 valence electrons. The Labute approximate surface area is 256 Å². The molecule has 2 N–H and O–H groups in total. The van der Waals surface area contributed by atoms with Crippen LogP contribution in [0.5, 0.6) is 5.75 Å². The van der Waals surface area contributed by atoms with Crippen LogP contribution in [0.25, 0.3) is 6.08 Å². The lowest BCUT2D eigenvalue weighted by atomic mass is 9.84. The van der Waals surface area contributed by atoms with Gasteiger partial charge in [-0.05, 0) is 77.5 Å². The number of carbonyl (C=O) groups is 2. The van der Waals surface area contributed by atoms with E-state index in [1.165, 1.54) is 0 Å². The Kier molecular flexibility index (Phi) is 14.6. The van der Waals surface area contributed by atoms with Crippen molar-refractivity contribution >= 4 is 41.0 Å². The van der Waals surface area contributed by atoms with Crippen LogP contribution in [0.3, 0.4) is 0 Å². The Morgan fingerprint density at radius 3 is 2.43 bits per heavy atom. The minimum absolute atomic E-state index is 0.0125. The third kappa shape index (κ3) is 9.99. The van der Waals surface area contributed by atoms with E-state index in [2.05, 4.69) is 29.1 Å². The van der Waals surface area contributed by atoms with Crippen LogP contribution in [-0.2, 0) is 19.1 Å². The maximum absolute atomic E-state index is 13.3. The summed E-state index contributed by atoms with van der Waals surface area (Å²) in [5.41, 5.74) is 1.83. The van der Waals surface area contributed by atoms with Crippen LogP contribution < -0.4 is 10.2 Å². The summed E-state index contributed by atoms with van der Waals surface area (Å²) in [6.45, 7) is 10.4. The molecule has 1 saturated carbocycles. The number of halogens is 1. The maximum atomic E-state index is 13.3. The first-order valence-electron chi connectivity index (χ1n) is 15.6. The van der Waals surface area contributed by atoms with E-state index in [-0.39, 0.29) is 29.5 Å². The lowest BCUT2D eigenvalue weighted by Crippen LogP contribution is -2.44. The molecule has 3 rings (SSSR count). The first-order valence-corrected chi connectivity index (χ1v) is 16.1. The standard InChI is InChI=1S/C32H49ClN4O5/c1-4-36(5-2)28-15-12-26(30(38)23-28)22-29-32(40)37(24(3)35-29)27-13-10-25(11-14-27)31(39)34-17-19-42-21-20-41-18-9-7-6-8-16-33/h12,15,22-23,25,27,38H,4-11,13-14,16-21H2,1-3H3,(H,34,39)/b29-22-. The molecule has 2 aliphatic rings. The quantitative estimate of drug-likeness (QED) is 0.133. The highest BCUT2D eigenvalue weighted by atomic mass is 35.5. The fraction of sp³-hybridized carbons (Fsp3) is 0.656. The monoisotopic (exact) mass is 604 g/mol. The number of amides is 2. The van der Waals surface area contributed by atoms with Crippen LogP contribution in [0.4, 0.5) is 5.69 Å². The molecule has 9 nitrogen and oxygen atoms in total. The molecule has 1 aromatic rings. The summed E-state index contributed by atoms with van der Waals surface area (Å²) in [4.78, 5) is 34.4. The van der Waals surface area contributed by atoms with Crippen molar-refractivity contribution in [2.45, 2.75) is 78.2 Å². The van der Waals surface area contributed by atoms with Crippen molar-refractivity contribution in [3.63, 3.8) is 0 Å². The zero-order valence-corrected chi connectivity index (χ0v) is 26.3. The van der Waals surface area contributed by atoms with Crippen molar-refractivity contribution in [2.75, 3.05) is 56.8 Å². The summed E-state index contributed by atoms with van der Waals surface area (Å²) in [5, 5.41) is 13.6. The second kappa shape index (κ2) is 18.1. The lowest BCUT2D eigenvalue weighted by Gasteiger charge is -2.33. The van der Waals surface area contributed by atoms with Gasteiger partial charge in [-0.15, -0.1) is 11.6 Å². The van der Waals surface area contributed by atoms with Crippen LogP contribution in [0, 0.1) is 5.92 Å². The summed E-state index contributed by atoms with van der Waals surface area (Å²) >= 11 is 5.67. The SMILES string of the molecule is CCN(CC)c1ccc(/C=C2\N=C(C)N(C3CCC(C(=O)NCCOCCOCCCCCCCl)CC3)C2=O)c(O)c1. The summed E-state index contributed by atoms with van der Waals surface area (Å²) in [5.74, 6) is 1.34. The molecule has 1 aliphatic carbocycles. The molecule has 42 heavy (non-hydrogen) atoms. The second-order valence-electron chi connectivity index (χ2n) is 10.9. The minimum atomic E-state index is -0.153. The van der Waals surface area contributed by atoms with Gasteiger partial charge in [0.05, 0.1) is 19.8 Å². The van der Waals surface area contributed by atoms with Crippen molar-refractivity contribution < 1.29 is 24.2 Å². The van der Waals surface area contributed by atoms with Gasteiger partial charge in [-0.1, -0.05) is 12.8 Å². The summed E-state index contributed by atoms with van der Waals surface area (Å²) < 4.78 is 11.1. The third-order valence-electron chi connectivity index (χ3n) is 8.03. The molecule has 0 aromatic heterocycles. The molecule has 0 bridgehead atoms. The molecule has 0 atom stereocenters. The van der Waals surface area contributed by atoms with Gasteiger partial charge in [0.25, 0.3) is 5.91 Å². The van der Waals surface area contributed by atoms with Crippen LogP contribution in [0.15, 0.2) is 28.9 Å². The average molecular weight is 605 g/mol. The second-order valence-corrected chi connectivity index (χ2v) is 11.3. The number of aliphatic imine (C=N–C) groups is 1. The van der Waals surface area contributed by atoms with Crippen LogP contribution in [-0.4, -0.2) is 85.6 Å². The molecule has 0 saturated heterocycles. The van der Waals surface area contributed by atoms with Gasteiger partial charge in [-0.2, -0.15) is 0 Å². The molecule has 0 unspecified atom stereocenters. The maximum Gasteiger partial charge on any atom is 0.278 e. The number of anilines is 1. The normalized spacial score (nSPS) is 19.8. The number of nitrogens with zero attached hydrogens (tertiary/aromatic N) is 3. The van der Waals surface area contributed by atoms with Crippen molar-refractivity contribution in [2.24, 2.45) is 10.9 Å². The van der Waals surface area contributed by atoms with Crippen molar-refractivity contribution in [1.29, 1.82) is 0 Å². The number of aromatic hydroxyl groups is 1. The first-order chi connectivity index (χ1) is 20.4. The minimum Gasteiger partial charge on any atom is -0.507 e. The molecule has 1 fully saturated rings. The van der Waals surface area contributed by atoms with Gasteiger partial charge in [-0.3, -0.25) is 14.5 Å². The van der Waals surface area contributed by atoms with E-state index in [4.69, 9.17) is 21.1 Å². The molecular formula is C32H49ClN4O5. The molecule has 1 aromatic carbocycles. The smallest absolute Gasteiger partial charge is 0.278 e. The van der Waals surface area contributed by atoms with Crippen LogP contribution in [0.2, 0.25) is 0 Å². The van der Waals surface area contributed by atoms with Crippen LogP contribution in [0.1, 0.15) is 77.7 Å². The van der Waals surface area contributed by atoms with Gasteiger partial charge in [0, 0.05) is 61.4 Å². The summed E-state index contributed by atoms with van der Waals surface area (Å²) in [6.07, 6.45) is 8.97. The molecule has 1 heterocycles. The van der Waals surface area contributed by atoms with Gasteiger partial charge >= 0.3 is 0 Å². The Morgan fingerprint density at radius 1 is 1.07 bits per heavy atom. The predicted molar refractivity (Wildman–Crippen MR) is 169 cm³/mol. The number of carbonyl (C=O) groups excluding carboxylic acids is 2. The van der Waals surface area contributed by atoms with E-state index in [0.717, 1.165) is 82.6 Å². The van der Waals surface area contributed by atoms with E-state index in [1.807, 2.05) is 19.1 Å². The Morgan fingerprint density at radius 2 is 1.76 bits per heavy atom. The number of benzene rings is 1. The lowest BCUT2D eigenvalue weighted by molar-refractivity contribution is -0.127. The number of nitrogens with one attached hydrogen (secondary N) is 1. The number of phenolic OH excluding ortho intramolecular Hbond substituents is 1. The third-order valence-corrected chi connectivity index (χ3v) is 8.29. The number of phenols is 1. The number of hydrogen-bond acceptors (Lipinski definition) is 7. The predicted octanol–water partition coefficient (Wildman–Crippen LogP) is 5.35. The molecular weight excluding hydrogens is 556 g/mol. The Hall–Kier alpha value is -2.62. The number of ether oxygens (including phenoxy) is 2. The average Bonchev–Trinajstić information content (AvgIpc) is 3.27. The van der Waals surface area contributed by atoms with E-state index in [0.29, 0.717) is 43.5 Å². The zero-order valence-electron chi connectivity index (χ0n) is 25.6. The zero-order chi connectivity index (χ0) is 30.3. The first kappa shape index (κ1) is 33.9. The van der Waals surface area contributed by atoms with Gasteiger partial charge in [0.2, 0.25) is 5.91 Å². The number of amidine groups is 1. The number of hydrogen-bond donors (Lipinski definition) is 2. The molecule has 2 amide bonds. The summed E-state index contributed by atoms with van der Waals surface area (Å²) in [7, 11) is 0. The highest BCUT2D eigenvalue weighted by Gasteiger charge is 2.37. The van der Waals surface area contributed by atoms with Crippen molar-refractivity contribution in [3.8, 4) is 5.75 Å². The topological polar surface area (TPSA) is 104 Å². The Balaban J connectivity index is 1.37. The Bertz CT molecular complexity index is 1070. The molecule has 10 heteroatoms. The van der Waals surface area contributed by atoms with Crippen LogP contribution >= 0.6 is 11.6 Å². The molecule has 0 radical (unpaired) electrons.